The lowest BCUT2D eigenvalue weighted by Crippen LogP contribution is -2.33. The molecule has 2 unspecified atom stereocenters. The number of rotatable bonds is 6. The van der Waals surface area contributed by atoms with Crippen molar-refractivity contribution in [3.05, 3.63) is 35.4 Å². The Morgan fingerprint density at radius 3 is 2.82 bits per heavy atom. The molecule has 22 heavy (non-hydrogen) atoms. The minimum atomic E-state index is -0.193. The van der Waals surface area contributed by atoms with Crippen LogP contribution in [0.1, 0.15) is 36.8 Å². The van der Waals surface area contributed by atoms with Crippen LogP contribution in [0.4, 0.5) is 0 Å². The SMILES string of the molecule is N#Cc1ccc(CSCC(=O)NCC2CCCC(O)C2)cc1. The van der Waals surface area contributed by atoms with Crippen molar-refractivity contribution in [2.24, 2.45) is 5.92 Å². The quantitative estimate of drug-likeness (QED) is 0.845. The summed E-state index contributed by atoms with van der Waals surface area (Å²) in [6.07, 6.45) is 3.65. The molecule has 1 aromatic carbocycles. The molecule has 0 saturated heterocycles. The van der Waals surface area contributed by atoms with Crippen molar-refractivity contribution in [2.75, 3.05) is 12.3 Å². The van der Waals surface area contributed by atoms with Gasteiger partial charge in [-0.25, -0.2) is 0 Å². The summed E-state index contributed by atoms with van der Waals surface area (Å²) in [6.45, 7) is 0.674. The van der Waals surface area contributed by atoms with Gasteiger partial charge < -0.3 is 10.4 Å². The fourth-order valence-electron chi connectivity index (χ4n) is 2.69. The van der Waals surface area contributed by atoms with E-state index in [0.717, 1.165) is 37.0 Å². The van der Waals surface area contributed by atoms with Crippen molar-refractivity contribution in [3.8, 4) is 6.07 Å². The average molecular weight is 318 g/mol. The number of nitrogens with zero attached hydrogens (tertiary/aromatic N) is 1. The van der Waals surface area contributed by atoms with Crippen LogP contribution in [0, 0.1) is 17.2 Å². The fourth-order valence-corrected chi connectivity index (χ4v) is 3.51. The Balaban J connectivity index is 1.62. The summed E-state index contributed by atoms with van der Waals surface area (Å²) in [5, 5.41) is 21.3. The minimum absolute atomic E-state index is 0.0544. The molecular formula is C17H22N2O2S. The molecule has 0 bridgehead atoms. The highest BCUT2D eigenvalue weighted by Crippen LogP contribution is 2.23. The summed E-state index contributed by atoms with van der Waals surface area (Å²) < 4.78 is 0. The zero-order valence-electron chi connectivity index (χ0n) is 12.6. The van der Waals surface area contributed by atoms with E-state index in [9.17, 15) is 9.90 Å². The normalized spacial score (nSPS) is 21.1. The van der Waals surface area contributed by atoms with E-state index < -0.39 is 0 Å². The molecule has 0 aliphatic heterocycles. The van der Waals surface area contributed by atoms with Gasteiger partial charge in [0.15, 0.2) is 0 Å². The molecule has 118 valence electrons. The lowest BCUT2D eigenvalue weighted by Gasteiger charge is -2.25. The number of amides is 1. The first kappa shape index (κ1) is 16.9. The van der Waals surface area contributed by atoms with Crippen molar-refractivity contribution in [1.29, 1.82) is 5.26 Å². The molecular weight excluding hydrogens is 296 g/mol. The number of hydrogen-bond acceptors (Lipinski definition) is 4. The number of aliphatic hydroxyl groups excluding tert-OH is 1. The van der Waals surface area contributed by atoms with E-state index in [0.29, 0.717) is 23.8 Å². The van der Waals surface area contributed by atoms with Gasteiger partial charge in [0.25, 0.3) is 0 Å². The van der Waals surface area contributed by atoms with E-state index in [1.165, 1.54) is 0 Å². The van der Waals surface area contributed by atoms with Crippen LogP contribution in [-0.2, 0) is 10.5 Å². The number of carbonyl (C=O) groups is 1. The Morgan fingerprint density at radius 1 is 1.36 bits per heavy atom. The standard InChI is InChI=1S/C17H22N2O2S/c18-9-13-4-6-14(7-5-13)11-22-12-17(21)19-10-15-2-1-3-16(20)8-15/h4-7,15-16,20H,1-3,8,10-12H2,(H,19,21). The maximum Gasteiger partial charge on any atom is 0.230 e. The number of aliphatic hydroxyl groups is 1. The molecule has 1 aliphatic rings. The number of benzene rings is 1. The maximum absolute atomic E-state index is 11.8. The van der Waals surface area contributed by atoms with Crippen molar-refractivity contribution < 1.29 is 9.90 Å². The number of nitriles is 1. The Hall–Kier alpha value is -1.51. The molecule has 1 amide bonds. The molecule has 0 spiro atoms. The summed E-state index contributed by atoms with van der Waals surface area (Å²) in [6, 6.07) is 9.53. The number of nitrogens with one attached hydrogen (secondary N) is 1. The average Bonchev–Trinajstić information content (AvgIpc) is 2.54. The van der Waals surface area contributed by atoms with Crippen LogP contribution >= 0.6 is 11.8 Å². The van der Waals surface area contributed by atoms with E-state index in [1.54, 1.807) is 23.9 Å². The topological polar surface area (TPSA) is 73.1 Å². The van der Waals surface area contributed by atoms with Crippen LogP contribution in [0.2, 0.25) is 0 Å². The molecule has 1 fully saturated rings. The fraction of sp³-hybridized carbons (Fsp3) is 0.529. The van der Waals surface area contributed by atoms with Crippen molar-refractivity contribution in [1.82, 2.24) is 5.32 Å². The van der Waals surface area contributed by atoms with Crippen molar-refractivity contribution >= 4 is 17.7 Å². The third-order valence-electron chi connectivity index (χ3n) is 3.93. The number of carbonyl (C=O) groups excluding carboxylic acids is 1. The van der Waals surface area contributed by atoms with Gasteiger partial charge in [-0.2, -0.15) is 5.26 Å². The summed E-state index contributed by atoms with van der Waals surface area (Å²) in [5.74, 6) is 1.67. The monoisotopic (exact) mass is 318 g/mol. The van der Waals surface area contributed by atoms with Gasteiger partial charge in [-0.15, -0.1) is 11.8 Å². The Morgan fingerprint density at radius 2 is 2.14 bits per heavy atom. The molecule has 1 saturated carbocycles. The van der Waals surface area contributed by atoms with Crippen molar-refractivity contribution in [3.63, 3.8) is 0 Å². The summed E-state index contributed by atoms with van der Waals surface area (Å²) in [7, 11) is 0. The maximum atomic E-state index is 11.8. The van der Waals surface area contributed by atoms with Gasteiger partial charge in [-0.05, 0) is 42.9 Å². The van der Waals surface area contributed by atoms with Crippen LogP contribution in [0.5, 0.6) is 0 Å². The zero-order valence-corrected chi connectivity index (χ0v) is 13.4. The highest BCUT2D eigenvalue weighted by molar-refractivity contribution is 7.99. The van der Waals surface area contributed by atoms with E-state index in [2.05, 4.69) is 11.4 Å². The Bertz CT molecular complexity index is 524. The van der Waals surface area contributed by atoms with Crippen molar-refractivity contribution in [2.45, 2.75) is 37.5 Å². The first-order chi connectivity index (χ1) is 10.7. The van der Waals surface area contributed by atoms with Crippen LogP contribution in [0.25, 0.3) is 0 Å². The first-order valence-corrected chi connectivity index (χ1v) is 8.84. The number of thioether (sulfide) groups is 1. The Kier molecular flexibility index (Phi) is 6.75. The second kappa shape index (κ2) is 8.82. The van der Waals surface area contributed by atoms with Crippen LogP contribution in [-0.4, -0.2) is 29.4 Å². The zero-order chi connectivity index (χ0) is 15.8. The molecule has 0 radical (unpaired) electrons. The second-order valence-electron chi connectivity index (χ2n) is 5.79. The van der Waals surface area contributed by atoms with Crippen LogP contribution in [0.3, 0.4) is 0 Å². The first-order valence-electron chi connectivity index (χ1n) is 7.69. The van der Waals surface area contributed by atoms with Gasteiger partial charge in [0, 0.05) is 12.3 Å². The predicted octanol–water partition coefficient (Wildman–Crippen LogP) is 2.46. The molecule has 1 aromatic rings. The van der Waals surface area contributed by atoms with Gasteiger partial charge >= 0.3 is 0 Å². The Labute approximate surface area is 135 Å². The third-order valence-corrected chi connectivity index (χ3v) is 4.93. The molecule has 2 atom stereocenters. The van der Waals surface area contributed by atoms with Gasteiger partial charge in [0.2, 0.25) is 5.91 Å². The van der Waals surface area contributed by atoms with Gasteiger partial charge in [-0.3, -0.25) is 4.79 Å². The highest BCUT2D eigenvalue weighted by atomic mass is 32.2. The summed E-state index contributed by atoms with van der Waals surface area (Å²) >= 11 is 1.57. The lowest BCUT2D eigenvalue weighted by molar-refractivity contribution is -0.118. The second-order valence-corrected chi connectivity index (χ2v) is 6.78. The smallest absolute Gasteiger partial charge is 0.230 e. The predicted molar refractivity (Wildman–Crippen MR) is 88.3 cm³/mol. The van der Waals surface area contributed by atoms with E-state index in [4.69, 9.17) is 5.26 Å². The number of hydrogen-bond donors (Lipinski definition) is 2. The lowest BCUT2D eigenvalue weighted by atomic mass is 9.87. The molecule has 5 heteroatoms. The molecule has 0 aromatic heterocycles. The third kappa shape index (κ3) is 5.70. The largest absolute Gasteiger partial charge is 0.393 e. The van der Waals surface area contributed by atoms with Gasteiger partial charge in [0.1, 0.15) is 0 Å². The molecule has 4 nitrogen and oxygen atoms in total. The van der Waals surface area contributed by atoms with E-state index in [1.807, 2.05) is 12.1 Å². The molecule has 0 heterocycles. The molecule has 2 rings (SSSR count). The van der Waals surface area contributed by atoms with Gasteiger partial charge in [-0.1, -0.05) is 18.6 Å². The van der Waals surface area contributed by atoms with E-state index >= 15 is 0 Å². The summed E-state index contributed by atoms with van der Waals surface area (Å²) in [4.78, 5) is 11.8. The molecule has 2 N–H and O–H groups in total. The van der Waals surface area contributed by atoms with Crippen LogP contribution in [0.15, 0.2) is 24.3 Å². The molecule has 1 aliphatic carbocycles. The van der Waals surface area contributed by atoms with Crippen LogP contribution < -0.4 is 5.32 Å². The highest BCUT2D eigenvalue weighted by Gasteiger charge is 2.20. The van der Waals surface area contributed by atoms with Gasteiger partial charge in [0.05, 0.1) is 23.5 Å². The van der Waals surface area contributed by atoms with E-state index in [-0.39, 0.29) is 12.0 Å². The summed E-state index contributed by atoms with van der Waals surface area (Å²) in [5.41, 5.74) is 1.77. The minimum Gasteiger partial charge on any atom is -0.393 e.